The van der Waals surface area contributed by atoms with Crippen LogP contribution in [0.15, 0.2) is 212 Å². The molecule has 1 aliphatic carbocycles. The molecule has 0 aliphatic heterocycles. The van der Waals surface area contributed by atoms with Crippen LogP contribution < -0.4 is 4.90 Å². The molecule has 0 amide bonds. The van der Waals surface area contributed by atoms with E-state index in [1.165, 1.54) is 48.0 Å². The van der Waals surface area contributed by atoms with E-state index in [0.29, 0.717) is 5.95 Å². The van der Waals surface area contributed by atoms with Gasteiger partial charge in [0, 0.05) is 36.5 Å². The average molecular weight is 770 g/mol. The third-order valence-corrected chi connectivity index (χ3v) is 13.3. The Hall–Kier alpha value is -7.40. The lowest BCUT2D eigenvalue weighted by atomic mass is 9.67. The molecule has 276 valence electrons. The molecule has 2 heterocycles. The summed E-state index contributed by atoms with van der Waals surface area (Å²) in [4.78, 5) is 13.7. The van der Waals surface area contributed by atoms with Crippen LogP contribution in [0.4, 0.5) is 17.3 Å². The highest BCUT2D eigenvalue weighted by Crippen LogP contribution is 2.59. The molecule has 9 aromatic carbocycles. The Labute approximate surface area is 346 Å². The van der Waals surface area contributed by atoms with Gasteiger partial charge in [-0.3, -0.25) is 4.90 Å². The number of para-hydroxylation sites is 1. The van der Waals surface area contributed by atoms with Gasteiger partial charge in [0.15, 0.2) is 0 Å². The number of anilines is 3. The van der Waals surface area contributed by atoms with Gasteiger partial charge in [-0.15, -0.1) is 11.3 Å². The van der Waals surface area contributed by atoms with E-state index < -0.39 is 5.41 Å². The molecular weight excluding hydrogens is 735 g/mol. The predicted octanol–water partition coefficient (Wildman–Crippen LogP) is 14.7. The van der Waals surface area contributed by atoms with Crippen LogP contribution in [0, 0.1) is 0 Å². The number of hydrogen-bond donors (Lipinski definition) is 0. The number of nitrogens with zero attached hydrogens (tertiary/aromatic N) is 3. The highest BCUT2D eigenvalue weighted by Gasteiger charge is 2.48. The van der Waals surface area contributed by atoms with Crippen molar-refractivity contribution < 1.29 is 0 Å². The van der Waals surface area contributed by atoms with Gasteiger partial charge in [0.25, 0.3) is 0 Å². The molecule has 11 aromatic rings. The molecule has 0 atom stereocenters. The van der Waals surface area contributed by atoms with E-state index >= 15 is 0 Å². The zero-order valence-corrected chi connectivity index (χ0v) is 32.8. The van der Waals surface area contributed by atoms with Crippen LogP contribution in [0.3, 0.4) is 0 Å². The molecular formula is C55H35N3S. The van der Waals surface area contributed by atoms with Crippen LogP contribution in [0.5, 0.6) is 0 Å². The zero-order valence-electron chi connectivity index (χ0n) is 32.0. The lowest BCUT2D eigenvalue weighted by Crippen LogP contribution is -2.31. The van der Waals surface area contributed by atoms with Crippen molar-refractivity contribution in [2.45, 2.75) is 5.41 Å². The maximum Gasteiger partial charge on any atom is 0.235 e. The molecule has 2 aromatic heterocycles. The van der Waals surface area contributed by atoms with E-state index in [1.54, 1.807) is 0 Å². The number of aromatic nitrogens is 2. The van der Waals surface area contributed by atoms with Crippen molar-refractivity contribution in [1.82, 2.24) is 9.97 Å². The maximum atomic E-state index is 5.68. The fraction of sp³-hybridized carbons (Fsp3) is 0.0182. The minimum Gasteiger partial charge on any atom is -0.278 e. The first-order chi connectivity index (χ1) is 29.3. The molecule has 0 spiro atoms. The SMILES string of the molecule is c1ccc(-c2nc(N(c3ccccc3C3(c4ccccc4)c4ccccc4-c4ccccc43)c3cccc4sc5ccccc5c34)nc3c2ccc2ccccc23)cc1. The van der Waals surface area contributed by atoms with Crippen molar-refractivity contribution in [3.8, 4) is 22.4 Å². The molecule has 3 nitrogen and oxygen atoms in total. The number of thiophene rings is 1. The number of rotatable bonds is 6. The second kappa shape index (κ2) is 13.3. The van der Waals surface area contributed by atoms with Crippen molar-refractivity contribution in [3.63, 3.8) is 0 Å². The third-order valence-electron chi connectivity index (χ3n) is 12.2. The predicted molar refractivity (Wildman–Crippen MR) is 247 cm³/mol. The summed E-state index contributed by atoms with van der Waals surface area (Å²) in [5, 5.41) is 5.66. The Bertz CT molecular complexity index is 3360. The van der Waals surface area contributed by atoms with E-state index in [1.807, 2.05) is 11.3 Å². The molecule has 12 rings (SSSR count). The summed E-state index contributed by atoms with van der Waals surface area (Å²) in [6.07, 6.45) is 0. The molecule has 0 saturated carbocycles. The first-order valence-electron chi connectivity index (χ1n) is 20.1. The Morgan fingerprint density at radius 2 is 1.00 bits per heavy atom. The number of hydrogen-bond acceptors (Lipinski definition) is 4. The summed E-state index contributed by atoms with van der Waals surface area (Å²) in [6, 6.07) is 76.8. The molecule has 0 bridgehead atoms. The Morgan fingerprint density at radius 1 is 0.407 bits per heavy atom. The van der Waals surface area contributed by atoms with E-state index in [0.717, 1.165) is 49.9 Å². The van der Waals surface area contributed by atoms with E-state index in [2.05, 4.69) is 217 Å². The van der Waals surface area contributed by atoms with Crippen LogP contribution in [0.1, 0.15) is 22.3 Å². The van der Waals surface area contributed by atoms with Crippen LogP contribution in [0.2, 0.25) is 0 Å². The van der Waals surface area contributed by atoms with Crippen LogP contribution >= 0.6 is 11.3 Å². The van der Waals surface area contributed by atoms with Gasteiger partial charge in [-0.05, 0) is 69.1 Å². The van der Waals surface area contributed by atoms with Gasteiger partial charge in [-0.2, -0.15) is 0 Å². The van der Waals surface area contributed by atoms with Crippen molar-refractivity contribution in [1.29, 1.82) is 0 Å². The second-order valence-corrected chi connectivity index (χ2v) is 16.3. The Kier molecular flexibility index (Phi) is 7.62. The molecule has 59 heavy (non-hydrogen) atoms. The van der Waals surface area contributed by atoms with Gasteiger partial charge in [-0.1, -0.05) is 182 Å². The highest BCUT2D eigenvalue weighted by atomic mass is 32.1. The summed E-state index contributed by atoms with van der Waals surface area (Å²) in [6.45, 7) is 0. The van der Waals surface area contributed by atoms with Crippen molar-refractivity contribution in [2.75, 3.05) is 4.90 Å². The summed E-state index contributed by atoms with van der Waals surface area (Å²) in [5.74, 6) is 0.616. The van der Waals surface area contributed by atoms with Gasteiger partial charge in [0.2, 0.25) is 5.95 Å². The Balaban J connectivity index is 1.26. The standard InChI is InChI=1S/C55H35N3S/c1-3-19-37(20-4-1)52-43-35-34-36-18-7-8-23-39(36)53(43)57-54(56-52)58(48-31-17-33-50-51(48)42-26-11-16-32-49(42)59-50)47-30-15-14-29-46(47)55(38-21-5-2-6-22-38)44-27-12-9-24-40(44)41-25-10-13-28-45(41)55/h1-35H. The molecule has 0 fully saturated rings. The normalized spacial score (nSPS) is 12.9. The van der Waals surface area contributed by atoms with Crippen LogP contribution in [0.25, 0.3) is 64.2 Å². The first-order valence-corrected chi connectivity index (χ1v) is 20.9. The summed E-state index contributed by atoms with van der Waals surface area (Å²) in [5.41, 5.74) is 11.6. The van der Waals surface area contributed by atoms with Gasteiger partial charge >= 0.3 is 0 Å². The fourth-order valence-corrected chi connectivity index (χ4v) is 10.8. The van der Waals surface area contributed by atoms with Gasteiger partial charge < -0.3 is 0 Å². The summed E-state index contributed by atoms with van der Waals surface area (Å²) in [7, 11) is 0. The highest BCUT2D eigenvalue weighted by molar-refractivity contribution is 7.26. The quantitative estimate of drug-likeness (QED) is 0.158. The van der Waals surface area contributed by atoms with E-state index in [-0.39, 0.29) is 0 Å². The Morgan fingerprint density at radius 3 is 1.78 bits per heavy atom. The zero-order chi connectivity index (χ0) is 38.9. The number of fused-ring (bicyclic) bond motifs is 9. The van der Waals surface area contributed by atoms with Gasteiger partial charge in [0.1, 0.15) is 0 Å². The molecule has 0 N–H and O–H groups in total. The lowest BCUT2D eigenvalue weighted by molar-refractivity contribution is 0.767. The third kappa shape index (κ3) is 5.00. The van der Waals surface area contributed by atoms with Crippen molar-refractivity contribution in [3.05, 3.63) is 235 Å². The summed E-state index contributed by atoms with van der Waals surface area (Å²) < 4.78 is 2.47. The first kappa shape index (κ1) is 33.7. The molecule has 0 saturated heterocycles. The maximum absolute atomic E-state index is 5.68. The smallest absolute Gasteiger partial charge is 0.235 e. The van der Waals surface area contributed by atoms with Crippen LogP contribution in [-0.4, -0.2) is 9.97 Å². The largest absolute Gasteiger partial charge is 0.278 e. The monoisotopic (exact) mass is 769 g/mol. The van der Waals surface area contributed by atoms with Gasteiger partial charge in [-0.25, -0.2) is 9.97 Å². The lowest BCUT2D eigenvalue weighted by Gasteiger charge is -2.38. The molecule has 1 aliphatic rings. The van der Waals surface area contributed by atoms with E-state index in [9.17, 15) is 0 Å². The van der Waals surface area contributed by atoms with Crippen molar-refractivity contribution in [2.24, 2.45) is 0 Å². The van der Waals surface area contributed by atoms with Crippen LogP contribution in [-0.2, 0) is 5.41 Å². The summed E-state index contributed by atoms with van der Waals surface area (Å²) >= 11 is 1.83. The minimum absolute atomic E-state index is 0.616. The molecule has 0 radical (unpaired) electrons. The fourth-order valence-electron chi connectivity index (χ4n) is 9.72. The molecule has 0 unspecified atom stereocenters. The van der Waals surface area contributed by atoms with E-state index in [4.69, 9.17) is 9.97 Å². The number of benzene rings is 9. The second-order valence-electron chi connectivity index (χ2n) is 15.2. The minimum atomic E-state index is -0.653. The average Bonchev–Trinajstić information content (AvgIpc) is 3.84. The van der Waals surface area contributed by atoms with Crippen molar-refractivity contribution >= 4 is 70.5 Å². The topological polar surface area (TPSA) is 29.0 Å². The van der Waals surface area contributed by atoms with Gasteiger partial charge in [0.05, 0.1) is 28.0 Å². The molecule has 4 heteroatoms.